The number of alkyl carbamates (subject to hydrolysis) is 1. The number of carbonyl (C=O) groups excluding carboxylic acids is 2. The Hall–Kier alpha value is -2.08. The molecular formula is C17H23NO5. The van der Waals surface area contributed by atoms with Gasteiger partial charge in [0.25, 0.3) is 0 Å². The van der Waals surface area contributed by atoms with E-state index in [0.717, 1.165) is 24.8 Å². The molecule has 0 bridgehead atoms. The molecule has 0 heterocycles. The van der Waals surface area contributed by atoms with Crippen LogP contribution in [-0.4, -0.2) is 37.4 Å². The van der Waals surface area contributed by atoms with Crippen LogP contribution in [0.2, 0.25) is 0 Å². The number of hydrogen-bond donors (Lipinski definition) is 1. The average molecular weight is 321 g/mol. The molecule has 126 valence electrons. The standard InChI is InChI=1S/C17H23NO5/c1-12(23-14-9-6-10-14)15(16(19)21-2)18-17(20)22-11-13-7-4-3-5-8-13/h3-5,7-8,12,14-15H,6,9-11H2,1-2H3,(H,18,20)/t12-,15+/m1/s1. The highest BCUT2D eigenvalue weighted by molar-refractivity contribution is 5.81. The monoisotopic (exact) mass is 321 g/mol. The molecule has 0 radical (unpaired) electrons. The average Bonchev–Trinajstić information content (AvgIpc) is 2.54. The van der Waals surface area contributed by atoms with Gasteiger partial charge in [0.2, 0.25) is 0 Å². The van der Waals surface area contributed by atoms with Gasteiger partial charge in [-0.2, -0.15) is 0 Å². The van der Waals surface area contributed by atoms with Crippen molar-refractivity contribution in [3.8, 4) is 0 Å². The third-order valence-electron chi connectivity index (χ3n) is 3.87. The van der Waals surface area contributed by atoms with Crippen LogP contribution in [0.3, 0.4) is 0 Å². The van der Waals surface area contributed by atoms with Gasteiger partial charge in [-0.25, -0.2) is 9.59 Å². The summed E-state index contributed by atoms with van der Waals surface area (Å²) in [5.41, 5.74) is 0.871. The van der Waals surface area contributed by atoms with Crippen molar-refractivity contribution in [1.29, 1.82) is 0 Å². The zero-order chi connectivity index (χ0) is 16.7. The molecular weight excluding hydrogens is 298 g/mol. The molecule has 0 saturated heterocycles. The maximum atomic E-state index is 11.9. The molecule has 1 aliphatic rings. The van der Waals surface area contributed by atoms with Crippen molar-refractivity contribution in [3.05, 3.63) is 35.9 Å². The van der Waals surface area contributed by atoms with Crippen LogP contribution in [0.15, 0.2) is 30.3 Å². The Morgan fingerprint density at radius 1 is 1.26 bits per heavy atom. The second kappa shape index (κ2) is 8.53. The van der Waals surface area contributed by atoms with E-state index in [2.05, 4.69) is 5.32 Å². The van der Waals surface area contributed by atoms with Crippen LogP contribution in [0.5, 0.6) is 0 Å². The van der Waals surface area contributed by atoms with E-state index in [1.54, 1.807) is 6.92 Å². The molecule has 1 N–H and O–H groups in total. The van der Waals surface area contributed by atoms with Crippen LogP contribution in [-0.2, 0) is 25.6 Å². The summed E-state index contributed by atoms with van der Waals surface area (Å²) in [6.07, 6.45) is 2.10. The number of esters is 1. The Bertz CT molecular complexity index is 515. The molecule has 1 amide bonds. The lowest BCUT2D eigenvalue weighted by Crippen LogP contribution is -2.50. The molecule has 2 rings (SSSR count). The molecule has 1 saturated carbocycles. The fourth-order valence-electron chi connectivity index (χ4n) is 2.28. The first-order valence-electron chi connectivity index (χ1n) is 7.80. The van der Waals surface area contributed by atoms with E-state index in [9.17, 15) is 9.59 Å². The molecule has 23 heavy (non-hydrogen) atoms. The minimum absolute atomic E-state index is 0.137. The number of rotatable bonds is 7. The van der Waals surface area contributed by atoms with E-state index < -0.39 is 24.2 Å². The Balaban J connectivity index is 1.85. The van der Waals surface area contributed by atoms with Gasteiger partial charge in [-0.3, -0.25) is 0 Å². The topological polar surface area (TPSA) is 73.9 Å². The minimum atomic E-state index is -0.885. The molecule has 0 spiro atoms. The third-order valence-corrected chi connectivity index (χ3v) is 3.87. The van der Waals surface area contributed by atoms with Crippen molar-refractivity contribution in [1.82, 2.24) is 5.32 Å². The second-order valence-corrected chi connectivity index (χ2v) is 5.60. The number of amides is 1. The molecule has 2 atom stereocenters. The minimum Gasteiger partial charge on any atom is -0.467 e. The maximum Gasteiger partial charge on any atom is 0.408 e. The van der Waals surface area contributed by atoms with E-state index in [1.165, 1.54) is 7.11 Å². The summed E-state index contributed by atoms with van der Waals surface area (Å²) in [6.45, 7) is 1.88. The number of hydrogen-bond acceptors (Lipinski definition) is 5. The van der Waals surface area contributed by atoms with Crippen LogP contribution in [0.1, 0.15) is 31.7 Å². The molecule has 6 heteroatoms. The Morgan fingerprint density at radius 2 is 1.96 bits per heavy atom. The van der Waals surface area contributed by atoms with Gasteiger partial charge in [0.05, 0.1) is 19.3 Å². The number of ether oxygens (including phenoxy) is 3. The Morgan fingerprint density at radius 3 is 2.52 bits per heavy atom. The number of methoxy groups -OCH3 is 1. The number of benzene rings is 1. The SMILES string of the molecule is COC(=O)[C@@H](NC(=O)OCc1ccccc1)[C@@H](C)OC1CCC1. The zero-order valence-corrected chi connectivity index (χ0v) is 13.5. The first kappa shape index (κ1) is 17.3. The quantitative estimate of drug-likeness (QED) is 0.781. The smallest absolute Gasteiger partial charge is 0.408 e. The number of nitrogens with one attached hydrogen (secondary N) is 1. The van der Waals surface area contributed by atoms with E-state index in [0.29, 0.717) is 0 Å². The fraction of sp³-hybridized carbons (Fsp3) is 0.529. The van der Waals surface area contributed by atoms with Gasteiger partial charge >= 0.3 is 12.1 Å². The summed E-state index contributed by atoms with van der Waals surface area (Å²) in [4.78, 5) is 23.8. The van der Waals surface area contributed by atoms with Crippen molar-refractivity contribution in [2.75, 3.05) is 7.11 Å². The van der Waals surface area contributed by atoms with Crippen molar-refractivity contribution in [2.45, 2.75) is 51.0 Å². The van der Waals surface area contributed by atoms with Crippen molar-refractivity contribution in [3.63, 3.8) is 0 Å². The number of carbonyl (C=O) groups is 2. The summed E-state index contributed by atoms with van der Waals surface area (Å²) in [5, 5.41) is 2.53. The van der Waals surface area contributed by atoms with E-state index in [4.69, 9.17) is 14.2 Å². The molecule has 0 aromatic heterocycles. The van der Waals surface area contributed by atoms with Gasteiger partial charge in [0, 0.05) is 0 Å². The molecule has 0 unspecified atom stereocenters. The molecule has 0 aliphatic heterocycles. The highest BCUT2D eigenvalue weighted by Crippen LogP contribution is 2.24. The van der Waals surface area contributed by atoms with E-state index in [1.807, 2.05) is 30.3 Å². The van der Waals surface area contributed by atoms with Gasteiger partial charge in [0.1, 0.15) is 6.61 Å². The fourth-order valence-corrected chi connectivity index (χ4v) is 2.28. The van der Waals surface area contributed by atoms with Gasteiger partial charge < -0.3 is 19.5 Å². The molecule has 6 nitrogen and oxygen atoms in total. The van der Waals surface area contributed by atoms with Crippen molar-refractivity contribution in [2.24, 2.45) is 0 Å². The maximum absolute atomic E-state index is 11.9. The summed E-state index contributed by atoms with van der Waals surface area (Å²) in [5.74, 6) is -0.548. The summed E-state index contributed by atoms with van der Waals surface area (Å²) >= 11 is 0. The first-order valence-corrected chi connectivity index (χ1v) is 7.80. The Labute approximate surface area is 136 Å². The summed E-state index contributed by atoms with van der Waals surface area (Å²) in [7, 11) is 1.28. The van der Waals surface area contributed by atoms with Gasteiger partial charge in [-0.15, -0.1) is 0 Å². The van der Waals surface area contributed by atoms with E-state index in [-0.39, 0.29) is 12.7 Å². The summed E-state index contributed by atoms with van der Waals surface area (Å²) < 4.78 is 15.6. The van der Waals surface area contributed by atoms with Crippen LogP contribution >= 0.6 is 0 Å². The Kier molecular flexibility index (Phi) is 6.40. The van der Waals surface area contributed by atoms with Crippen molar-refractivity contribution < 1.29 is 23.8 Å². The van der Waals surface area contributed by atoms with Gasteiger partial charge in [-0.1, -0.05) is 30.3 Å². The zero-order valence-electron chi connectivity index (χ0n) is 13.5. The summed E-state index contributed by atoms with van der Waals surface area (Å²) in [6, 6.07) is 8.44. The van der Waals surface area contributed by atoms with Gasteiger partial charge in [0.15, 0.2) is 6.04 Å². The van der Waals surface area contributed by atoms with Crippen LogP contribution in [0.25, 0.3) is 0 Å². The molecule has 1 aromatic carbocycles. The van der Waals surface area contributed by atoms with Crippen molar-refractivity contribution >= 4 is 12.1 Å². The highest BCUT2D eigenvalue weighted by atomic mass is 16.6. The normalized spacial score (nSPS) is 16.8. The second-order valence-electron chi connectivity index (χ2n) is 5.60. The molecule has 1 aliphatic carbocycles. The van der Waals surface area contributed by atoms with E-state index >= 15 is 0 Å². The third kappa shape index (κ3) is 5.25. The molecule has 1 aromatic rings. The van der Waals surface area contributed by atoms with Crippen LogP contribution < -0.4 is 5.32 Å². The highest BCUT2D eigenvalue weighted by Gasteiger charge is 2.32. The molecule has 1 fully saturated rings. The first-order chi connectivity index (χ1) is 11.1. The largest absolute Gasteiger partial charge is 0.467 e. The predicted octanol–water partition coefficient (Wildman–Crippen LogP) is 2.41. The van der Waals surface area contributed by atoms with Crippen LogP contribution in [0, 0.1) is 0 Å². The lowest BCUT2D eigenvalue weighted by molar-refractivity contribution is -0.149. The lowest BCUT2D eigenvalue weighted by Gasteiger charge is -2.31. The lowest BCUT2D eigenvalue weighted by atomic mass is 9.96. The predicted molar refractivity (Wildman–Crippen MR) is 83.8 cm³/mol. The van der Waals surface area contributed by atoms with Gasteiger partial charge in [-0.05, 0) is 31.7 Å². The van der Waals surface area contributed by atoms with Crippen LogP contribution in [0.4, 0.5) is 4.79 Å².